The van der Waals surface area contributed by atoms with Crippen molar-refractivity contribution in [3.05, 3.63) is 59.1 Å². The van der Waals surface area contributed by atoms with Crippen molar-refractivity contribution in [2.24, 2.45) is 0 Å². The third-order valence-electron chi connectivity index (χ3n) is 3.06. The first kappa shape index (κ1) is 13.7. The van der Waals surface area contributed by atoms with Crippen LogP contribution in [0.4, 0.5) is 11.6 Å². The average Bonchev–Trinajstić information content (AvgIpc) is 2.51. The first-order valence-electron chi connectivity index (χ1n) is 6.53. The van der Waals surface area contributed by atoms with Gasteiger partial charge in [0.15, 0.2) is 0 Å². The number of aliphatic carboxylic acids is 1. The second kappa shape index (κ2) is 5.65. The fourth-order valence-electron chi connectivity index (χ4n) is 2.05. The third-order valence-corrected chi connectivity index (χ3v) is 3.06. The van der Waals surface area contributed by atoms with E-state index in [1.165, 1.54) is 12.4 Å². The number of para-hydroxylation sites is 1. The van der Waals surface area contributed by atoms with Crippen LogP contribution in [-0.4, -0.2) is 25.6 Å². The van der Waals surface area contributed by atoms with Gasteiger partial charge in [0.25, 0.3) is 5.56 Å². The molecule has 0 bridgehead atoms. The van der Waals surface area contributed by atoms with E-state index in [4.69, 9.17) is 5.11 Å². The molecule has 2 heterocycles. The molecule has 2 aromatic heterocycles. The summed E-state index contributed by atoms with van der Waals surface area (Å²) in [5, 5.41) is 12.1. The molecule has 0 radical (unpaired) electrons. The van der Waals surface area contributed by atoms with Gasteiger partial charge in [0.05, 0.1) is 10.9 Å². The summed E-state index contributed by atoms with van der Waals surface area (Å²) in [5.41, 5.74) is 0.868. The molecule has 0 amide bonds. The Kier molecular flexibility index (Phi) is 3.53. The molecule has 7 heteroatoms. The number of carboxylic acids is 1. The van der Waals surface area contributed by atoms with E-state index in [1.54, 1.807) is 6.07 Å². The Balaban J connectivity index is 1.97. The van der Waals surface area contributed by atoms with E-state index in [9.17, 15) is 9.59 Å². The normalized spacial score (nSPS) is 10.5. The van der Waals surface area contributed by atoms with Crippen LogP contribution in [0.5, 0.6) is 0 Å². The van der Waals surface area contributed by atoms with Gasteiger partial charge in [-0.05, 0) is 18.2 Å². The van der Waals surface area contributed by atoms with Gasteiger partial charge in [-0.2, -0.15) is 0 Å². The number of carbonyl (C=O) groups is 1. The Morgan fingerprint density at radius 1 is 1.23 bits per heavy atom. The monoisotopic (exact) mass is 296 g/mol. The zero-order valence-corrected chi connectivity index (χ0v) is 11.4. The van der Waals surface area contributed by atoms with Gasteiger partial charge in [-0.3, -0.25) is 9.59 Å². The molecular weight excluding hydrogens is 284 g/mol. The molecule has 0 spiro atoms. The first-order chi connectivity index (χ1) is 10.6. The zero-order chi connectivity index (χ0) is 15.5. The Hall–Kier alpha value is -3.22. The van der Waals surface area contributed by atoms with Gasteiger partial charge in [0.2, 0.25) is 5.95 Å². The van der Waals surface area contributed by atoms with Crippen LogP contribution in [0.2, 0.25) is 0 Å². The van der Waals surface area contributed by atoms with Gasteiger partial charge in [-0.1, -0.05) is 18.2 Å². The largest absolute Gasteiger partial charge is 0.480 e. The summed E-state index contributed by atoms with van der Waals surface area (Å²) >= 11 is 0. The minimum absolute atomic E-state index is 0.280. The van der Waals surface area contributed by atoms with Crippen LogP contribution in [0.3, 0.4) is 0 Å². The fraction of sp³-hybridized carbons (Fsp3) is 0.0667. The second-order valence-corrected chi connectivity index (χ2v) is 4.63. The number of benzene rings is 1. The van der Waals surface area contributed by atoms with E-state index in [2.05, 4.69) is 15.3 Å². The highest BCUT2D eigenvalue weighted by atomic mass is 16.4. The SMILES string of the molecule is O=C(O)Cn1ccc2nc(Nc3ccccc3)ncc2c1=O. The molecule has 1 aromatic carbocycles. The number of fused-ring (bicyclic) bond motifs is 1. The predicted octanol–water partition coefficient (Wildman–Crippen LogP) is 1.62. The molecule has 0 fully saturated rings. The fourth-order valence-corrected chi connectivity index (χ4v) is 2.05. The Bertz CT molecular complexity index is 890. The zero-order valence-electron chi connectivity index (χ0n) is 11.4. The topological polar surface area (TPSA) is 97.1 Å². The van der Waals surface area contributed by atoms with Crippen molar-refractivity contribution in [2.75, 3.05) is 5.32 Å². The second-order valence-electron chi connectivity index (χ2n) is 4.63. The maximum absolute atomic E-state index is 12.1. The number of hydrogen-bond acceptors (Lipinski definition) is 5. The molecule has 0 aliphatic rings. The van der Waals surface area contributed by atoms with Gasteiger partial charge in [0, 0.05) is 18.1 Å². The molecule has 0 aliphatic carbocycles. The lowest BCUT2D eigenvalue weighted by atomic mass is 10.3. The standard InChI is InChI=1S/C15H12N4O3/c20-13(21)9-19-7-6-12-11(14(19)22)8-16-15(18-12)17-10-4-2-1-3-5-10/h1-8H,9H2,(H,20,21)(H,16,17,18). The maximum Gasteiger partial charge on any atom is 0.323 e. The Labute approximate surface area is 124 Å². The number of nitrogens with zero attached hydrogens (tertiary/aromatic N) is 3. The number of rotatable bonds is 4. The van der Waals surface area contributed by atoms with Crippen LogP contribution in [0, 0.1) is 0 Å². The van der Waals surface area contributed by atoms with Crippen molar-refractivity contribution >= 4 is 28.5 Å². The van der Waals surface area contributed by atoms with Gasteiger partial charge in [-0.15, -0.1) is 0 Å². The van der Waals surface area contributed by atoms with Crippen LogP contribution in [0.25, 0.3) is 10.9 Å². The summed E-state index contributed by atoms with van der Waals surface area (Å²) in [4.78, 5) is 31.2. The van der Waals surface area contributed by atoms with E-state index >= 15 is 0 Å². The van der Waals surface area contributed by atoms with Crippen molar-refractivity contribution < 1.29 is 9.90 Å². The average molecular weight is 296 g/mol. The van der Waals surface area contributed by atoms with Crippen LogP contribution in [0.15, 0.2) is 53.6 Å². The van der Waals surface area contributed by atoms with E-state index in [1.807, 2.05) is 30.3 Å². The lowest BCUT2D eigenvalue weighted by molar-refractivity contribution is -0.137. The summed E-state index contributed by atoms with van der Waals surface area (Å²) in [5.74, 6) is -0.709. The summed E-state index contributed by atoms with van der Waals surface area (Å²) in [6, 6.07) is 11.0. The molecular formula is C15H12N4O3. The number of anilines is 2. The minimum Gasteiger partial charge on any atom is -0.480 e. The molecule has 7 nitrogen and oxygen atoms in total. The molecule has 2 N–H and O–H groups in total. The highest BCUT2D eigenvalue weighted by Gasteiger charge is 2.08. The van der Waals surface area contributed by atoms with E-state index in [0.29, 0.717) is 11.5 Å². The predicted molar refractivity (Wildman–Crippen MR) is 81.2 cm³/mol. The van der Waals surface area contributed by atoms with E-state index in [-0.39, 0.29) is 5.39 Å². The molecule has 3 aromatic rings. The minimum atomic E-state index is -1.08. The number of nitrogens with one attached hydrogen (secondary N) is 1. The number of carboxylic acid groups (broad SMARTS) is 1. The van der Waals surface area contributed by atoms with Gasteiger partial charge in [0.1, 0.15) is 6.54 Å². The molecule has 22 heavy (non-hydrogen) atoms. The number of pyridine rings is 1. The quantitative estimate of drug-likeness (QED) is 0.759. The van der Waals surface area contributed by atoms with Gasteiger partial charge < -0.3 is 15.0 Å². The highest BCUT2D eigenvalue weighted by molar-refractivity contribution is 5.78. The Morgan fingerprint density at radius 2 is 2.00 bits per heavy atom. The van der Waals surface area contributed by atoms with Gasteiger partial charge in [-0.25, -0.2) is 9.97 Å². The van der Waals surface area contributed by atoms with Crippen LogP contribution in [0.1, 0.15) is 0 Å². The first-order valence-corrected chi connectivity index (χ1v) is 6.53. The lowest BCUT2D eigenvalue weighted by Crippen LogP contribution is -2.23. The van der Waals surface area contributed by atoms with Gasteiger partial charge >= 0.3 is 5.97 Å². The number of aromatic nitrogens is 3. The third kappa shape index (κ3) is 2.78. The van der Waals surface area contributed by atoms with Crippen LogP contribution in [-0.2, 0) is 11.3 Å². The van der Waals surface area contributed by atoms with Crippen molar-refractivity contribution in [1.29, 1.82) is 0 Å². The van der Waals surface area contributed by atoms with Crippen molar-refractivity contribution in [3.63, 3.8) is 0 Å². The molecule has 3 rings (SSSR count). The van der Waals surface area contributed by atoms with Crippen LogP contribution < -0.4 is 10.9 Å². The maximum atomic E-state index is 12.1. The summed E-state index contributed by atoms with van der Waals surface area (Å²) in [6.07, 6.45) is 2.81. The van der Waals surface area contributed by atoms with Crippen molar-refractivity contribution in [3.8, 4) is 0 Å². The molecule has 0 atom stereocenters. The Morgan fingerprint density at radius 3 is 2.73 bits per heavy atom. The summed E-state index contributed by atoms with van der Waals surface area (Å²) < 4.78 is 1.11. The summed E-state index contributed by atoms with van der Waals surface area (Å²) in [7, 11) is 0. The smallest absolute Gasteiger partial charge is 0.323 e. The molecule has 0 aliphatic heterocycles. The lowest BCUT2D eigenvalue weighted by Gasteiger charge is -2.07. The molecule has 0 unspecified atom stereocenters. The van der Waals surface area contributed by atoms with E-state index in [0.717, 1.165) is 10.3 Å². The van der Waals surface area contributed by atoms with Crippen LogP contribution >= 0.6 is 0 Å². The molecule has 0 saturated heterocycles. The summed E-state index contributed by atoms with van der Waals surface area (Å²) in [6.45, 7) is -0.390. The van der Waals surface area contributed by atoms with E-state index < -0.39 is 18.1 Å². The highest BCUT2D eigenvalue weighted by Crippen LogP contribution is 2.14. The van der Waals surface area contributed by atoms with Crippen molar-refractivity contribution in [1.82, 2.24) is 14.5 Å². The molecule has 0 saturated carbocycles. The van der Waals surface area contributed by atoms with Crippen molar-refractivity contribution in [2.45, 2.75) is 6.54 Å². The molecule has 110 valence electrons. The number of hydrogen-bond donors (Lipinski definition) is 2.